The first-order valence-corrected chi connectivity index (χ1v) is 6.64. The summed E-state index contributed by atoms with van der Waals surface area (Å²) in [5, 5.41) is 14.5. The van der Waals surface area contributed by atoms with Gasteiger partial charge in [0.2, 0.25) is 10.0 Å². The van der Waals surface area contributed by atoms with Crippen LogP contribution in [0.4, 0.5) is 0 Å². The second-order valence-corrected chi connectivity index (χ2v) is 5.24. The maximum absolute atomic E-state index is 11.0. The van der Waals surface area contributed by atoms with Gasteiger partial charge in [-0.05, 0) is 18.6 Å². The average Bonchev–Trinajstić information content (AvgIpc) is 2.17. The van der Waals surface area contributed by atoms with E-state index in [9.17, 15) is 13.5 Å². The van der Waals surface area contributed by atoms with E-state index in [2.05, 4.69) is 4.98 Å². The van der Waals surface area contributed by atoms with Crippen molar-refractivity contribution >= 4 is 10.0 Å². The molecule has 1 aromatic heterocycles. The first-order valence-electron chi connectivity index (χ1n) is 5.09. The second kappa shape index (κ2) is 5.38. The van der Waals surface area contributed by atoms with Crippen LogP contribution in [-0.2, 0) is 16.4 Å². The van der Waals surface area contributed by atoms with Gasteiger partial charge in [0.1, 0.15) is 4.90 Å². The normalized spacial score (nSPS) is 13.7. The lowest BCUT2D eigenvalue weighted by Gasteiger charge is -2.08. The molecule has 0 aliphatic heterocycles. The van der Waals surface area contributed by atoms with Gasteiger partial charge in [-0.1, -0.05) is 13.3 Å². The van der Waals surface area contributed by atoms with Gasteiger partial charge in [0.25, 0.3) is 0 Å². The number of aromatic nitrogens is 1. The molecule has 5 nitrogen and oxygen atoms in total. The van der Waals surface area contributed by atoms with Crippen LogP contribution in [0.25, 0.3) is 0 Å². The van der Waals surface area contributed by atoms with E-state index in [4.69, 9.17) is 5.14 Å². The summed E-state index contributed by atoms with van der Waals surface area (Å²) in [5.41, 5.74) is 0.661. The van der Waals surface area contributed by atoms with Crippen LogP contribution in [0.3, 0.4) is 0 Å². The second-order valence-electron chi connectivity index (χ2n) is 3.68. The van der Waals surface area contributed by atoms with Gasteiger partial charge in [-0.2, -0.15) is 0 Å². The number of primary sulfonamides is 1. The van der Waals surface area contributed by atoms with Gasteiger partial charge < -0.3 is 5.11 Å². The molecule has 0 fully saturated rings. The van der Waals surface area contributed by atoms with Crippen LogP contribution in [0, 0.1) is 0 Å². The Hall–Kier alpha value is -0.980. The van der Waals surface area contributed by atoms with Crippen molar-refractivity contribution in [2.75, 3.05) is 0 Å². The molecule has 0 saturated heterocycles. The van der Waals surface area contributed by atoms with Gasteiger partial charge in [-0.25, -0.2) is 13.6 Å². The lowest BCUT2D eigenvalue weighted by Crippen LogP contribution is -2.14. The minimum Gasteiger partial charge on any atom is -0.393 e. The number of hydrogen-bond donors (Lipinski definition) is 2. The fourth-order valence-corrected chi connectivity index (χ4v) is 1.83. The third-order valence-electron chi connectivity index (χ3n) is 2.19. The Balaban J connectivity index is 2.72. The van der Waals surface area contributed by atoms with E-state index in [0.29, 0.717) is 18.5 Å². The van der Waals surface area contributed by atoms with Crippen molar-refractivity contribution in [3.8, 4) is 0 Å². The van der Waals surface area contributed by atoms with Crippen LogP contribution in [0.2, 0.25) is 0 Å². The third-order valence-corrected chi connectivity index (χ3v) is 3.09. The van der Waals surface area contributed by atoms with Gasteiger partial charge in [-0.15, -0.1) is 0 Å². The van der Waals surface area contributed by atoms with Crippen molar-refractivity contribution in [1.29, 1.82) is 0 Å². The zero-order chi connectivity index (χ0) is 12.2. The van der Waals surface area contributed by atoms with Crippen LogP contribution >= 0.6 is 0 Å². The summed E-state index contributed by atoms with van der Waals surface area (Å²) in [4.78, 5) is 3.94. The van der Waals surface area contributed by atoms with Gasteiger partial charge in [0, 0.05) is 18.3 Å². The molecule has 1 heterocycles. The molecule has 1 atom stereocenters. The Morgan fingerprint density at radius 3 is 2.62 bits per heavy atom. The van der Waals surface area contributed by atoms with Gasteiger partial charge in [0.15, 0.2) is 0 Å². The predicted molar refractivity (Wildman–Crippen MR) is 60.2 cm³/mol. The number of aliphatic hydroxyl groups excluding tert-OH is 1. The van der Waals surface area contributed by atoms with Gasteiger partial charge in [0.05, 0.1) is 6.10 Å². The molecule has 3 N–H and O–H groups in total. The standard InChI is InChI=1S/C10H16N2O3S/c1-2-3-9(13)6-8-4-5-10(7-12-8)16(11,14)15/h4-5,7,9,13H,2-3,6H2,1H3,(H2,11,14,15). The highest BCUT2D eigenvalue weighted by atomic mass is 32.2. The molecule has 1 unspecified atom stereocenters. The summed E-state index contributed by atoms with van der Waals surface area (Å²) in [5.74, 6) is 0. The van der Waals surface area contributed by atoms with E-state index in [-0.39, 0.29) is 4.90 Å². The van der Waals surface area contributed by atoms with E-state index >= 15 is 0 Å². The highest BCUT2D eigenvalue weighted by Crippen LogP contribution is 2.09. The number of rotatable bonds is 5. The Labute approximate surface area is 95.4 Å². The maximum atomic E-state index is 11.0. The molecule has 1 aromatic rings. The summed E-state index contributed by atoms with van der Waals surface area (Å²) in [6.45, 7) is 1.99. The highest BCUT2D eigenvalue weighted by molar-refractivity contribution is 7.89. The minimum absolute atomic E-state index is 0.0127. The van der Waals surface area contributed by atoms with Crippen molar-refractivity contribution in [1.82, 2.24) is 4.98 Å². The molecule has 16 heavy (non-hydrogen) atoms. The molecule has 6 heteroatoms. The number of hydrogen-bond acceptors (Lipinski definition) is 4. The molecular formula is C10H16N2O3S. The molecule has 90 valence electrons. The summed E-state index contributed by atoms with van der Waals surface area (Å²) >= 11 is 0. The van der Waals surface area contributed by atoms with Crippen molar-refractivity contribution in [3.05, 3.63) is 24.0 Å². The number of pyridine rings is 1. The number of nitrogens with two attached hydrogens (primary N) is 1. The Bertz CT molecular complexity index is 428. The molecule has 0 radical (unpaired) electrons. The van der Waals surface area contributed by atoms with Crippen LogP contribution < -0.4 is 5.14 Å². The lowest BCUT2D eigenvalue weighted by molar-refractivity contribution is 0.162. The molecule has 0 spiro atoms. The third kappa shape index (κ3) is 3.88. The van der Waals surface area contributed by atoms with E-state index in [1.54, 1.807) is 6.07 Å². The molecule has 0 aromatic carbocycles. The highest BCUT2D eigenvalue weighted by Gasteiger charge is 2.09. The Morgan fingerprint density at radius 1 is 1.50 bits per heavy atom. The van der Waals surface area contributed by atoms with Crippen molar-refractivity contribution < 1.29 is 13.5 Å². The molecule has 0 aliphatic rings. The van der Waals surface area contributed by atoms with Crippen molar-refractivity contribution in [2.45, 2.75) is 37.2 Å². The summed E-state index contributed by atoms with van der Waals surface area (Å²) < 4.78 is 21.9. The van der Waals surface area contributed by atoms with Crippen molar-refractivity contribution in [3.63, 3.8) is 0 Å². The fraction of sp³-hybridized carbons (Fsp3) is 0.500. The quantitative estimate of drug-likeness (QED) is 0.785. The van der Waals surface area contributed by atoms with Crippen LogP contribution in [-0.4, -0.2) is 24.6 Å². The fourth-order valence-electron chi connectivity index (χ4n) is 1.38. The first-order chi connectivity index (χ1) is 7.43. The lowest BCUT2D eigenvalue weighted by atomic mass is 10.1. The maximum Gasteiger partial charge on any atom is 0.239 e. The van der Waals surface area contributed by atoms with E-state index in [0.717, 1.165) is 6.42 Å². The number of nitrogens with zero attached hydrogens (tertiary/aromatic N) is 1. The van der Waals surface area contributed by atoms with Crippen LogP contribution in [0.5, 0.6) is 0 Å². The van der Waals surface area contributed by atoms with Crippen LogP contribution in [0.15, 0.2) is 23.2 Å². The monoisotopic (exact) mass is 244 g/mol. The van der Waals surface area contributed by atoms with E-state index in [1.807, 2.05) is 6.92 Å². The summed E-state index contributed by atoms with van der Waals surface area (Å²) in [6, 6.07) is 2.97. The van der Waals surface area contributed by atoms with E-state index < -0.39 is 16.1 Å². The Morgan fingerprint density at radius 2 is 2.19 bits per heavy atom. The van der Waals surface area contributed by atoms with Gasteiger partial charge in [-0.3, -0.25) is 4.98 Å². The zero-order valence-corrected chi connectivity index (χ0v) is 9.94. The minimum atomic E-state index is -3.68. The Kier molecular flexibility index (Phi) is 4.40. The first kappa shape index (κ1) is 13.1. The molecule has 0 bridgehead atoms. The summed E-state index contributed by atoms with van der Waals surface area (Å²) in [7, 11) is -3.68. The molecule has 1 rings (SSSR count). The average molecular weight is 244 g/mol. The summed E-state index contributed by atoms with van der Waals surface area (Å²) in [6.07, 6.45) is 2.81. The topological polar surface area (TPSA) is 93.3 Å². The SMILES string of the molecule is CCCC(O)Cc1ccc(S(N)(=O)=O)cn1. The number of aliphatic hydroxyl groups is 1. The largest absolute Gasteiger partial charge is 0.393 e. The molecule has 0 aliphatic carbocycles. The predicted octanol–water partition coefficient (Wildman–Crippen LogP) is 0.432. The number of sulfonamides is 1. The molecule has 0 amide bonds. The van der Waals surface area contributed by atoms with Gasteiger partial charge >= 0.3 is 0 Å². The van der Waals surface area contributed by atoms with Crippen molar-refractivity contribution in [2.24, 2.45) is 5.14 Å². The molecular weight excluding hydrogens is 228 g/mol. The van der Waals surface area contributed by atoms with Crippen LogP contribution in [0.1, 0.15) is 25.5 Å². The zero-order valence-electron chi connectivity index (χ0n) is 9.13. The van der Waals surface area contributed by atoms with E-state index in [1.165, 1.54) is 12.3 Å². The smallest absolute Gasteiger partial charge is 0.239 e. The molecule has 0 saturated carbocycles.